The second-order valence-electron chi connectivity index (χ2n) is 15.2. The van der Waals surface area contributed by atoms with Crippen LogP contribution in [0.3, 0.4) is 0 Å². The Morgan fingerprint density at radius 1 is 0.825 bits per heavy atom. The number of nitrogens with zero attached hydrogens (tertiary/aromatic N) is 5. The first-order valence-electron chi connectivity index (χ1n) is 20.7. The van der Waals surface area contributed by atoms with E-state index in [1.165, 1.54) is 19.0 Å². The molecule has 5 amide bonds. The molecule has 1 aliphatic carbocycles. The molecular weight excluding hydrogens is 815 g/mol. The van der Waals surface area contributed by atoms with Crippen LogP contribution in [0.2, 0.25) is 0 Å². The zero-order chi connectivity index (χ0) is 45.5. The number of carboxylic acid groups (broad SMARTS) is 1. The lowest BCUT2D eigenvalue weighted by Gasteiger charge is -2.28. The molecule has 1 aromatic heterocycles. The van der Waals surface area contributed by atoms with Crippen molar-refractivity contribution < 1.29 is 48.1 Å². The maximum atomic E-state index is 13.4. The number of nitrogens with one attached hydrogen (secondary N) is 2. The first-order valence-corrected chi connectivity index (χ1v) is 20.7. The molecule has 0 spiro atoms. The maximum Gasteiger partial charge on any atom is 0.424 e. The van der Waals surface area contributed by atoms with Crippen molar-refractivity contribution in [3.05, 3.63) is 101 Å². The maximum absolute atomic E-state index is 13.4. The first-order chi connectivity index (χ1) is 30.3. The van der Waals surface area contributed by atoms with E-state index < -0.39 is 47.8 Å². The number of carbonyl (C=O) groups is 6. The van der Waals surface area contributed by atoms with E-state index in [4.69, 9.17) is 14.2 Å². The molecule has 1 aliphatic rings. The molecule has 63 heavy (non-hydrogen) atoms. The van der Waals surface area contributed by atoms with Crippen molar-refractivity contribution >= 4 is 46.6 Å². The number of benzene rings is 3. The average Bonchev–Trinajstić information content (AvgIpc) is 3.80. The summed E-state index contributed by atoms with van der Waals surface area (Å²) in [5.74, 6) is -3.55. The summed E-state index contributed by atoms with van der Waals surface area (Å²) in [5, 5.41) is 21.1. The van der Waals surface area contributed by atoms with Gasteiger partial charge in [0.15, 0.2) is 0 Å². The molecule has 4 aromatic rings. The molecule has 0 fully saturated rings. The monoisotopic (exact) mass is 869 g/mol. The van der Waals surface area contributed by atoms with Crippen LogP contribution in [-0.2, 0) is 51.3 Å². The lowest BCUT2D eigenvalue weighted by molar-refractivity contribution is -0.138. The van der Waals surface area contributed by atoms with Crippen LogP contribution in [-0.4, -0.2) is 133 Å². The van der Waals surface area contributed by atoms with Crippen LogP contribution in [0.15, 0.2) is 84.0 Å². The van der Waals surface area contributed by atoms with Crippen molar-refractivity contribution in [3.63, 3.8) is 0 Å². The second-order valence-corrected chi connectivity index (χ2v) is 15.2. The number of hydrogen-bond acceptors (Lipinski definition) is 11. The molecular formula is C45H55N7O11. The number of nitroso groups, excluding NO2 is 1. The number of aryl methyl sites for hydroxylation is 1. The predicted molar refractivity (Wildman–Crippen MR) is 232 cm³/mol. The second kappa shape index (κ2) is 23.1. The fourth-order valence-corrected chi connectivity index (χ4v) is 7.33. The van der Waals surface area contributed by atoms with Crippen molar-refractivity contribution in [2.75, 3.05) is 60.7 Å². The van der Waals surface area contributed by atoms with Gasteiger partial charge in [-0.2, -0.15) is 0 Å². The Bertz CT molecular complexity index is 2220. The van der Waals surface area contributed by atoms with Crippen molar-refractivity contribution in [1.82, 2.24) is 30.1 Å². The van der Waals surface area contributed by atoms with Gasteiger partial charge in [0.2, 0.25) is 17.7 Å². The molecule has 3 aromatic carbocycles. The van der Waals surface area contributed by atoms with Gasteiger partial charge in [0.1, 0.15) is 18.7 Å². The van der Waals surface area contributed by atoms with Crippen LogP contribution in [0.4, 0.5) is 4.79 Å². The van der Waals surface area contributed by atoms with Crippen LogP contribution in [0.25, 0.3) is 22.0 Å². The molecule has 2 atom stereocenters. The zero-order valence-electron chi connectivity index (χ0n) is 36.0. The van der Waals surface area contributed by atoms with Crippen molar-refractivity contribution in [2.24, 2.45) is 5.18 Å². The third kappa shape index (κ3) is 12.8. The predicted octanol–water partition coefficient (Wildman–Crippen LogP) is 4.29. The molecule has 0 radical (unpaired) electrons. The van der Waals surface area contributed by atoms with Crippen molar-refractivity contribution in [2.45, 2.75) is 63.7 Å². The van der Waals surface area contributed by atoms with Gasteiger partial charge in [-0.1, -0.05) is 66.7 Å². The zero-order valence-corrected chi connectivity index (χ0v) is 36.0. The van der Waals surface area contributed by atoms with E-state index in [0.29, 0.717) is 6.54 Å². The summed E-state index contributed by atoms with van der Waals surface area (Å²) < 4.78 is 18.7. The van der Waals surface area contributed by atoms with E-state index in [0.717, 1.165) is 43.8 Å². The summed E-state index contributed by atoms with van der Waals surface area (Å²) in [7, 11) is 4.81. The minimum atomic E-state index is -1.12. The number of aromatic nitrogens is 1. The molecule has 0 bridgehead atoms. The average molecular weight is 870 g/mol. The minimum Gasteiger partial charge on any atom is -0.481 e. The summed E-state index contributed by atoms with van der Waals surface area (Å²) >= 11 is 0. The van der Waals surface area contributed by atoms with E-state index in [-0.39, 0.29) is 77.7 Å². The van der Waals surface area contributed by atoms with Gasteiger partial charge in [0, 0.05) is 69.4 Å². The quantitative estimate of drug-likeness (QED) is 0.0511. The highest BCUT2D eigenvalue weighted by molar-refractivity contribution is 5.89. The van der Waals surface area contributed by atoms with Gasteiger partial charge in [0.25, 0.3) is 0 Å². The highest BCUT2D eigenvalue weighted by Gasteiger charge is 2.30. The molecule has 336 valence electrons. The van der Waals surface area contributed by atoms with Gasteiger partial charge in [-0.25, -0.2) is 14.8 Å². The number of para-hydroxylation sites is 1. The number of likely N-dealkylation sites (N-methyl/N-ethyl adjacent to an activating group) is 1. The van der Waals surface area contributed by atoms with Crippen LogP contribution in [0, 0.1) is 4.91 Å². The largest absolute Gasteiger partial charge is 0.481 e. The number of ether oxygens (including phenoxy) is 3. The highest BCUT2D eigenvalue weighted by Crippen LogP contribution is 2.44. The van der Waals surface area contributed by atoms with Gasteiger partial charge >= 0.3 is 18.0 Å². The van der Waals surface area contributed by atoms with Gasteiger partial charge < -0.3 is 39.4 Å². The van der Waals surface area contributed by atoms with E-state index in [1.807, 2.05) is 59.2 Å². The molecule has 0 saturated carbocycles. The Kier molecular flexibility index (Phi) is 17.4. The molecule has 0 saturated heterocycles. The summed E-state index contributed by atoms with van der Waals surface area (Å²) in [6, 6.07) is 23.9. The Hall–Kier alpha value is -6.50. The molecule has 5 rings (SSSR count). The molecule has 0 aliphatic heterocycles. The van der Waals surface area contributed by atoms with Gasteiger partial charge in [-0.05, 0) is 53.1 Å². The van der Waals surface area contributed by atoms with Gasteiger partial charge in [-0.3, -0.25) is 24.0 Å². The fraction of sp³-hybridized carbons (Fsp3) is 0.422. The third-order valence-electron chi connectivity index (χ3n) is 11.1. The standard InChI is InChI=1S/C45H55N7O11/c1-30(43(57)48-60)50(3)41(54)20-23-61-25-26-62-24-21-46-44(58)38(17-18-42(55)56)47-40(53)19-22-52-32(27-31-11-5-10-16-39(31)52)28-49(2)51(4)45(59)63-29-37-35-14-8-6-12-33(35)34-13-7-9-15-36(34)37/h5-16,27,30,37-38H,17-26,28-29H2,1-4H3,(H,46,58)(H,47,53)(H,55,56)/t30-,38-/m0/s1. The lowest BCUT2D eigenvalue weighted by atomic mass is 9.98. The van der Waals surface area contributed by atoms with E-state index >= 15 is 0 Å². The normalized spacial score (nSPS) is 12.8. The number of fused-ring (bicyclic) bond motifs is 4. The first kappa shape index (κ1) is 47.5. The number of carbonyl (C=O) groups excluding carboxylic acids is 5. The van der Waals surface area contributed by atoms with Crippen LogP contribution in [0.1, 0.15) is 55.3 Å². The van der Waals surface area contributed by atoms with Gasteiger partial charge in [-0.15, -0.1) is 4.91 Å². The molecule has 1 heterocycles. The number of aliphatic carboxylic acids is 1. The van der Waals surface area contributed by atoms with E-state index in [1.54, 1.807) is 19.1 Å². The van der Waals surface area contributed by atoms with Crippen LogP contribution >= 0.6 is 0 Å². The Labute approximate surface area is 365 Å². The summed E-state index contributed by atoms with van der Waals surface area (Å²) in [6.45, 7) is 2.66. The van der Waals surface area contributed by atoms with E-state index in [2.05, 4.69) is 40.1 Å². The number of carboxylic acids is 1. The molecule has 0 unspecified atom stereocenters. The van der Waals surface area contributed by atoms with Crippen LogP contribution in [0.5, 0.6) is 0 Å². The van der Waals surface area contributed by atoms with Crippen LogP contribution < -0.4 is 10.6 Å². The molecule has 18 nitrogen and oxygen atoms in total. The van der Waals surface area contributed by atoms with E-state index in [9.17, 15) is 38.8 Å². The fourth-order valence-electron chi connectivity index (χ4n) is 7.33. The lowest BCUT2D eigenvalue weighted by Crippen LogP contribution is -2.47. The molecule has 18 heteroatoms. The number of amides is 5. The summed E-state index contributed by atoms with van der Waals surface area (Å²) in [6.07, 6.45) is -1.02. The summed E-state index contributed by atoms with van der Waals surface area (Å²) in [5.41, 5.74) is 6.21. The topological polar surface area (TPSA) is 218 Å². The molecule has 3 N–H and O–H groups in total. The third-order valence-corrected chi connectivity index (χ3v) is 11.1. The summed E-state index contributed by atoms with van der Waals surface area (Å²) in [4.78, 5) is 86.3. The highest BCUT2D eigenvalue weighted by atomic mass is 16.6. The van der Waals surface area contributed by atoms with Crippen molar-refractivity contribution in [3.8, 4) is 11.1 Å². The minimum absolute atomic E-state index is 0.0175. The number of hydrazine groups is 1. The number of rotatable bonds is 24. The Morgan fingerprint density at radius 2 is 1.46 bits per heavy atom. The Morgan fingerprint density at radius 3 is 2.13 bits per heavy atom. The SMILES string of the molecule is C[C@@H](C(=O)N=O)N(C)C(=O)CCOCCOCCNC(=O)[C@H](CCC(=O)O)NC(=O)CCn1c(CN(C)N(C)C(=O)OCC2c3ccccc3-c3ccccc32)cc2ccccc21. The van der Waals surface area contributed by atoms with Gasteiger partial charge in [0.05, 0.1) is 39.4 Å². The smallest absolute Gasteiger partial charge is 0.424 e. The Balaban J connectivity index is 1.08. The number of hydrogen-bond donors (Lipinski definition) is 3. The van der Waals surface area contributed by atoms with Crippen molar-refractivity contribution in [1.29, 1.82) is 0 Å².